The van der Waals surface area contributed by atoms with Crippen LogP contribution < -0.4 is 10.6 Å². The van der Waals surface area contributed by atoms with Crippen LogP contribution in [0.3, 0.4) is 0 Å². The zero-order valence-electron chi connectivity index (χ0n) is 17.5. The van der Waals surface area contributed by atoms with Crippen LogP contribution in [0.1, 0.15) is 51.5 Å². The van der Waals surface area contributed by atoms with Gasteiger partial charge >= 0.3 is 0 Å². The van der Waals surface area contributed by atoms with Crippen molar-refractivity contribution in [3.63, 3.8) is 0 Å². The van der Waals surface area contributed by atoms with Crippen LogP contribution in [0.15, 0.2) is 35.3 Å². The lowest BCUT2D eigenvalue weighted by molar-refractivity contribution is 0.107. The second-order valence-corrected chi connectivity index (χ2v) is 9.13. The highest BCUT2D eigenvalue weighted by atomic mass is 32.2. The molecule has 1 aromatic rings. The molecule has 1 fully saturated rings. The van der Waals surface area contributed by atoms with Crippen LogP contribution in [-0.4, -0.2) is 48.8 Å². The molecule has 6 heteroatoms. The summed E-state index contributed by atoms with van der Waals surface area (Å²) in [5.41, 5.74) is 1.41. The molecule has 28 heavy (non-hydrogen) atoms. The molecule has 0 aliphatic heterocycles. The predicted molar refractivity (Wildman–Crippen MR) is 119 cm³/mol. The minimum absolute atomic E-state index is 0.285. The van der Waals surface area contributed by atoms with Crippen LogP contribution in [0, 0.1) is 5.41 Å². The Hall–Kier alpha value is -1.40. The average molecular weight is 408 g/mol. The summed E-state index contributed by atoms with van der Waals surface area (Å²) in [4.78, 5) is 4.87. The number of nitrogens with one attached hydrogen (secondary N) is 2. The Bertz CT molecular complexity index is 601. The third-order valence-electron chi connectivity index (χ3n) is 5.35. The lowest BCUT2D eigenvalue weighted by Crippen LogP contribution is -2.40. The normalized spacial score (nSPS) is 17.4. The first-order chi connectivity index (χ1) is 13.7. The second-order valence-electron chi connectivity index (χ2n) is 7.55. The number of ether oxygens (including phenoxy) is 1. The van der Waals surface area contributed by atoms with Gasteiger partial charge in [-0.25, -0.2) is 0 Å². The first-order valence-corrected chi connectivity index (χ1v) is 12.1. The van der Waals surface area contributed by atoms with E-state index in [0.717, 1.165) is 44.2 Å². The number of guanidine groups is 1. The molecule has 158 valence electrons. The predicted octanol–water partition coefficient (Wildman–Crippen LogP) is 3.48. The Balaban J connectivity index is 1.81. The molecule has 1 aliphatic carbocycles. The van der Waals surface area contributed by atoms with Gasteiger partial charge in [0.05, 0.1) is 0 Å². The first-order valence-electron chi connectivity index (χ1n) is 10.7. The topological polar surface area (TPSA) is 62.7 Å². The second kappa shape index (κ2) is 12.9. The summed E-state index contributed by atoms with van der Waals surface area (Å²) in [6.07, 6.45) is 6.16. The number of hydrogen-bond acceptors (Lipinski definition) is 3. The van der Waals surface area contributed by atoms with E-state index in [1.54, 1.807) is 0 Å². The molecule has 0 heterocycles. The van der Waals surface area contributed by atoms with Crippen molar-refractivity contribution in [2.45, 2.75) is 51.7 Å². The molecule has 0 spiro atoms. The average Bonchev–Trinajstić information content (AvgIpc) is 3.16. The fourth-order valence-electron chi connectivity index (χ4n) is 3.75. The summed E-state index contributed by atoms with van der Waals surface area (Å²) < 4.78 is 17.9. The van der Waals surface area contributed by atoms with Crippen molar-refractivity contribution in [2.75, 3.05) is 38.6 Å². The van der Waals surface area contributed by atoms with E-state index in [-0.39, 0.29) is 5.41 Å². The van der Waals surface area contributed by atoms with Crippen molar-refractivity contribution in [2.24, 2.45) is 10.4 Å². The zero-order valence-corrected chi connectivity index (χ0v) is 18.4. The van der Waals surface area contributed by atoms with E-state index < -0.39 is 10.8 Å². The summed E-state index contributed by atoms with van der Waals surface area (Å²) in [5, 5.41) is 6.68. The highest BCUT2D eigenvalue weighted by molar-refractivity contribution is 7.84. The molecule has 2 N–H and O–H groups in total. The van der Waals surface area contributed by atoms with Crippen LogP contribution in [0.4, 0.5) is 0 Å². The molecular formula is C22H37N3O2S. The van der Waals surface area contributed by atoms with E-state index in [0.29, 0.717) is 18.1 Å². The third-order valence-corrected chi connectivity index (χ3v) is 6.67. The number of benzene rings is 1. The molecule has 1 atom stereocenters. The van der Waals surface area contributed by atoms with E-state index in [2.05, 4.69) is 24.5 Å². The number of aliphatic imine (C=N–C) groups is 1. The van der Waals surface area contributed by atoms with Gasteiger partial charge in [-0.3, -0.25) is 9.20 Å². The van der Waals surface area contributed by atoms with Gasteiger partial charge < -0.3 is 15.4 Å². The van der Waals surface area contributed by atoms with Crippen molar-refractivity contribution >= 4 is 16.8 Å². The summed E-state index contributed by atoms with van der Waals surface area (Å²) in [5.74, 6) is 2.06. The van der Waals surface area contributed by atoms with E-state index in [4.69, 9.17) is 9.73 Å². The maximum absolute atomic E-state index is 12.3. The standard InChI is InChI=1S/C22H37N3O2S/c1-3-23-21(24-15-17-28(26)18-20-10-6-5-7-11-20)25-19-22(12-8-9-13-22)14-16-27-4-2/h5-7,10-11H,3-4,8-9,12-19H2,1-2H3,(H2,23,24,25). The summed E-state index contributed by atoms with van der Waals surface area (Å²) in [7, 11) is -0.873. The van der Waals surface area contributed by atoms with Gasteiger partial charge in [-0.15, -0.1) is 0 Å². The summed E-state index contributed by atoms with van der Waals surface area (Å²) in [6.45, 7) is 8.06. The molecule has 2 rings (SSSR count). The van der Waals surface area contributed by atoms with Gasteiger partial charge in [-0.2, -0.15) is 0 Å². The number of rotatable bonds is 12. The molecule has 1 aromatic carbocycles. The quantitative estimate of drug-likeness (QED) is 0.316. The summed E-state index contributed by atoms with van der Waals surface area (Å²) >= 11 is 0. The van der Waals surface area contributed by atoms with E-state index in [1.165, 1.54) is 25.7 Å². The van der Waals surface area contributed by atoms with Crippen molar-refractivity contribution in [1.82, 2.24) is 10.6 Å². The first kappa shape index (κ1) is 22.9. The van der Waals surface area contributed by atoms with E-state index >= 15 is 0 Å². The maximum Gasteiger partial charge on any atom is 0.191 e. The fraction of sp³-hybridized carbons (Fsp3) is 0.682. The van der Waals surface area contributed by atoms with Crippen LogP contribution in [-0.2, 0) is 21.3 Å². The largest absolute Gasteiger partial charge is 0.382 e. The van der Waals surface area contributed by atoms with Gasteiger partial charge in [-0.05, 0) is 44.1 Å². The SMILES string of the molecule is CCNC(=NCC1(CCOCC)CCCC1)NCCS(=O)Cc1ccccc1. The molecule has 0 aromatic heterocycles. The van der Waals surface area contributed by atoms with Crippen LogP contribution >= 0.6 is 0 Å². The molecule has 0 saturated heterocycles. The van der Waals surface area contributed by atoms with E-state index in [9.17, 15) is 4.21 Å². The van der Waals surface area contributed by atoms with Crippen LogP contribution in [0.5, 0.6) is 0 Å². The van der Waals surface area contributed by atoms with Crippen LogP contribution in [0.2, 0.25) is 0 Å². The van der Waals surface area contributed by atoms with Gasteiger partial charge in [0, 0.05) is 55.2 Å². The minimum atomic E-state index is -0.873. The number of hydrogen-bond donors (Lipinski definition) is 2. The zero-order chi connectivity index (χ0) is 20.1. The van der Waals surface area contributed by atoms with Gasteiger partial charge in [0.2, 0.25) is 0 Å². The molecular weight excluding hydrogens is 370 g/mol. The molecule has 0 amide bonds. The Morgan fingerprint density at radius 3 is 2.61 bits per heavy atom. The Morgan fingerprint density at radius 1 is 1.18 bits per heavy atom. The fourth-order valence-corrected chi connectivity index (χ4v) is 4.79. The Kier molecular flexibility index (Phi) is 10.6. The lowest BCUT2D eigenvalue weighted by Gasteiger charge is -2.27. The Morgan fingerprint density at radius 2 is 1.93 bits per heavy atom. The molecule has 5 nitrogen and oxygen atoms in total. The smallest absolute Gasteiger partial charge is 0.191 e. The van der Waals surface area contributed by atoms with Gasteiger partial charge in [0.25, 0.3) is 0 Å². The Labute approximate surface area is 173 Å². The summed E-state index contributed by atoms with van der Waals surface area (Å²) in [6, 6.07) is 10.0. The third kappa shape index (κ3) is 8.31. The highest BCUT2D eigenvalue weighted by Gasteiger charge is 2.33. The lowest BCUT2D eigenvalue weighted by atomic mass is 9.83. The molecule has 0 radical (unpaired) electrons. The molecule has 1 aliphatic rings. The van der Waals surface area contributed by atoms with Crippen molar-refractivity contribution < 1.29 is 8.95 Å². The monoisotopic (exact) mass is 407 g/mol. The molecule has 0 bridgehead atoms. The van der Waals surface area contributed by atoms with Crippen molar-refractivity contribution in [1.29, 1.82) is 0 Å². The molecule has 1 unspecified atom stereocenters. The van der Waals surface area contributed by atoms with Crippen molar-refractivity contribution in [3.05, 3.63) is 35.9 Å². The van der Waals surface area contributed by atoms with Gasteiger partial charge in [-0.1, -0.05) is 43.2 Å². The van der Waals surface area contributed by atoms with Crippen LogP contribution in [0.25, 0.3) is 0 Å². The molecule has 1 saturated carbocycles. The van der Waals surface area contributed by atoms with E-state index in [1.807, 2.05) is 30.3 Å². The highest BCUT2D eigenvalue weighted by Crippen LogP contribution is 2.41. The minimum Gasteiger partial charge on any atom is -0.382 e. The van der Waals surface area contributed by atoms with Crippen molar-refractivity contribution in [3.8, 4) is 0 Å². The van der Waals surface area contributed by atoms with Gasteiger partial charge in [0.15, 0.2) is 5.96 Å². The number of nitrogens with zero attached hydrogens (tertiary/aromatic N) is 1. The van der Waals surface area contributed by atoms with Gasteiger partial charge in [0.1, 0.15) is 0 Å². The maximum atomic E-state index is 12.3.